The second kappa shape index (κ2) is 5.47. The second-order valence-electron chi connectivity index (χ2n) is 5.56. The van der Waals surface area contributed by atoms with Gasteiger partial charge in [-0.05, 0) is 36.1 Å². The Morgan fingerprint density at radius 2 is 1.17 bits per heavy atom. The molecule has 0 fully saturated rings. The Morgan fingerprint density at radius 3 is 1.50 bits per heavy atom. The molecule has 2 nitrogen and oxygen atoms in total. The van der Waals surface area contributed by atoms with E-state index in [2.05, 4.69) is 73.5 Å². The number of hydrogen-bond acceptors (Lipinski definition) is 0. The maximum absolute atomic E-state index is 2.37. The number of aromatic nitrogens is 2. The van der Waals surface area contributed by atoms with E-state index in [-0.39, 0.29) is 0 Å². The third kappa shape index (κ3) is 2.69. The highest BCUT2D eigenvalue weighted by Crippen LogP contribution is 2.17. The van der Waals surface area contributed by atoms with Crippen molar-refractivity contribution in [3.63, 3.8) is 0 Å². The first kappa shape index (κ1) is 13.0. The Balaban J connectivity index is 2.07. The van der Waals surface area contributed by atoms with Crippen LogP contribution in [0.25, 0.3) is 0 Å². The van der Waals surface area contributed by atoms with Crippen LogP contribution < -0.4 is 0 Å². The standard InChI is InChI=1S/C16H24N2/c1-13(2)15-7-5-9-17(15)11-12-18-10-6-8-16(18)14(3)4/h5-10,13-14H,11-12H2,1-4H3. The molecule has 0 spiro atoms. The Hall–Kier alpha value is -1.44. The predicted octanol–water partition coefficient (Wildman–Crippen LogP) is 4.24. The van der Waals surface area contributed by atoms with Gasteiger partial charge < -0.3 is 9.13 Å². The van der Waals surface area contributed by atoms with Crippen LogP contribution in [0.1, 0.15) is 50.9 Å². The molecule has 2 aromatic rings. The van der Waals surface area contributed by atoms with Crippen molar-refractivity contribution in [1.29, 1.82) is 0 Å². The molecule has 0 aliphatic rings. The first-order valence-corrected chi connectivity index (χ1v) is 6.89. The molecule has 0 saturated carbocycles. The van der Waals surface area contributed by atoms with Crippen molar-refractivity contribution in [3.8, 4) is 0 Å². The minimum Gasteiger partial charge on any atom is -0.349 e. The molecular weight excluding hydrogens is 220 g/mol. The second-order valence-corrected chi connectivity index (χ2v) is 5.56. The van der Waals surface area contributed by atoms with Crippen LogP contribution in [-0.2, 0) is 13.1 Å². The van der Waals surface area contributed by atoms with Gasteiger partial charge in [0.15, 0.2) is 0 Å². The number of rotatable bonds is 5. The Kier molecular flexibility index (Phi) is 3.95. The quantitative estimate of drug-likeness (QED) is 0.744. The van der Waals surface area contributed by atoms with Crippen LogP contribution in [0.2, 0.25) is 0 Å². The fourth-order valence-electron chi connectivity index (χ4n) is 2.53. The number of aryl methyl sites for hydroxylation is 2. The van der Waals surface area contributed by atoms with Crippen molar-refractivity contribution >= 4 is 0 Å². The maximum Gasteiger partial charge on any atom is 0.0402 e. The van der Waals surface area contributed by atoms with E-state index in [0.29, 0.717) is 11.8 Å². The summed E-state index contributed by atoms with van der Waals surface area (Å²) in [6, 6.07) is 8.75. The first-order chi connectivity index (χ1) is 8.59. The van der Waals surface area contributed by atoms with Crippen molar-refractivity contribution in [2.24, 2.45) is 0 Å². The third-order valence-electron chi connectivity index (χ3n) is 3.49. The SMILES string of the molecule is CC(C)c1cccn1CCn1cccc1C(C)C. The summed E-state index contributed by atoms with van der Waals surface area (Å²) in [5.41, 5.74) is 2.85. The molecule has 0 aliphatic carbocycles. The fourth-order valence-corrected chi connectivity index (χ4v) is 2.53. The topological polar surface area (TPSA) is 9.86 Å². The molecule has 0 aliphatic heterocycles. The minimum atomic E-state index is 0.592. The fraction of sp³-hybridized carbons (Fsp3) is 0.500. The molecule has 0 bridgehead atoms. The largest absolute Gasteiger partial charge is 0.349 e. The summed E-state index contributed by atoms with van der Waals surface area (Å²) in [5, 5.41) is 0. The van der Waals surface area contributed by atoms with Crippen molar-refractivity contribution in [1.82, 2.24) is 9.13 Å². The normalized spacial score (nSPS) is 11.7. The summed E-state index contributed by atoms with van der Waals surface area (Å²) in [4.78, 5) is 0. The monoisotopic (exact) mass is 244 g/mol. The summed E-state index contributed by atoms with van der Waals surface area (Å²) < 4.78 is 4.74. The summed E-state index contributed by atoms with van der Waals surface area (Å²) in [6.45, 7) is 11.1. The predicted molar refractivity (Wildman–Crippen MR) is 77.0 cm³/mol. The van der Waals surface area contributed by atoms with Gasteiger partial charge in [0.2, 0.25) is 0 Å². The molecule has 0 saturated heterocycles. The highest BCUT2D eigenvalue weighted by molar-refractivity contribution is 5.12. The summed E-state index contributed by atoms with van der Waals surface area (Å²) in [7, 11) is 0. The molecule has 2 heteroatoms. The molecule has 0 N–H and O–H groups in total. The highest BCUT2D eigenvalue weighted by Gasteiger charge is 2.07. The van der Waals surface area contributed by atoms with Gasteiger partial charge in [0.1, 0.15) is 0 Å². The van der Waals surface area contributed by atoms with Gasteiger partial charge in [-0.25, -0.2) is 0 Å². The Bertz CT molecular complexity index is 442. The van der Waals surface area contributed by atoms with Crippen molar-refractivity contribution in [2.75, 3.05) is 0 Å². The van der Waals surface area contributed by atoms with E-state index in [1.165, 1.54) is 11.4 Å². The summed E-state index contributed by atoms with van der Waals surface area (Å²) >= 11 is 0. The average molecular weight is 244 g/mol. The van der Waals surface area contributed by atoms with Crippen molar-refractivity contribution < 1.29 is 0 Å². The van der Waals surface area contributed by atoms with E-state index < -0.39 is 0 Å². The van der Waals surface area contributed by atoms with Gasteiger partial charge in [0, 0.05) is 36.9 Å². The summed E-state index contributed by atoms with van der Waals surface area (Å²) in [5.74, 6) is 1.18. The lowest BCUT2D eigenvalue weighted by atomic mass is 10.1. The highest BCUT2D eigenvalue weighted by atomic mass is 15.0. The molecule has 0 unspecified atom stereocenters. The van der Waals surface area contributed by atoms with Crippen molar-refractivity contribution in [2.45, 2.75) is 52.6 Å². The lowest BCUT2D eigenvalue weighted by Crippen LogP contribution is -2.11. The van der Waals surface area contributed by atoms with Crippen LogP contribution >= 0.6 is 0 Å². The van der Waals surface area contributed by atoms with E-state index in [1.54, 1.807) is 0 Å². The van der Waals surface area contributed by atoms with Crippen LogP contribution in [0.4, 0.5) is 0 Å². The van der Waals surface area contributed by atoms with Crippen LogP contribution in [-0.4, -0.2) is 9.13 Å². The molecule has 2 rings (SSSR count). The van der Waals surface area contributed by atoms with Crippen LogP contribution in [0.3, 0.4) is 0 Å². The van der Waals surface area contributed by atoms with Gasteiger partial charge in [-0.15, -0.1) is 0 Å². The number of hydrogen-bond donors (Lipinski definition) is 0. The number of nitrogens with zero attached hydrogens (tertiary/aromatic N) is 2. The lowest BCUT2D eigenvalue weighted by Gasteiger charge is -2.15. The van der Waals surface area contributed by atoms with Gasteiger partial charge in [-0.2, -0.15) is 0 Å². The van der Waals surface area contributed by atoms with Gasteiger partial charge >= 0.3 is 0 Å². The molecule has 18 heavy (non-hydrogen) atoms. The zero-order valence-electron chi connectivity index (χ0n) is 11.9. The third-order valence-corrected chi connectivity index (χ3v) is 3.49. The Morgan fingerprint density at radius 1 is 0.778 bits per heavy atom. The van der Waals surface area contributed by atoms with Crippen LogP contribution in [0.5, 0.6) is 0 Å². The molecule has 0 aromatic carbocycles. The smallest absolute Gasteiger partial charge is 0.0402 e. The maximum atomic E-state index is 2.37. The van der Waals surface area contributed by atoms with E-state index in [1.807, 2.05) is 0 Å². The first-order valence-electron chi connectivity index (χ1n) is 6.89. The van der Waals surface area contributed by atoms with E-state index in [4.69, 9.17) is 0 Å². The van der Waals surface area contributed by atoms with E-state index in [9.17, 15) is 0 Å². The lowest BCUT2D eigenvalue weighted by molar-refractivity contribution is 0.535. The van der Waals surface area contributed by atoms with Crippen LogP contribution in [0.15, 0.2) is 36.7 Å². The minimum absolute atomic E-state index is 0.592. The molecule has 0 radical (unpaired) electrons. The Labute approximate surface area is 110 Å². The molecule has 2 heterocycles. The van der Waals surface area contributed by atoms with Crippen molar-refractivity contribution in [3.05, 3.63) is 48.0 Å². The van der Waals surface area contributed by atoms with Gasteiger partial charge in [0.05, 0.1) is 0 Å². The van der Waals surface area contributed by atoms with Gasteiger partial charge in [-0.3, -0.25) is 0 Å². The van der Waals surface area contributed by atoms with Crippen LogP contribution in [0, 0.1) is 0 Å². The van der Waals surface area contributed by atoms with Gasteiger partial charge in [0.25, 0.3) is 0 Å². The summed E-state index contributed by atoms with van der Waals surface area (Å²) in [6.07, 6.45) is 4.38. The molecule has 0 atom stereocenters. The zero-order chi connectivity index (χ0) is 13.1. The zero-order valence-corrected chi connectivity index (χ0v) is 11.9. The molecular formula is C16H24N2. The van der Waals surface area contributed by atoms with Gasteiger partial charge in [-0.1, -0.05) is 27.7 Å². The van der Waals surface area contributed by atoms with E-state index >= 15 is 0 Å². The molecule has 98 valence electrons. The average Bonchev–Trinajstić information content (AvgIpc) is 2.94. The molecule has 0 amide bonds. The molecule has 2 aromatic heterocycles. The van der Waals surface area contributed by atoms with E-state index in [0.717, 1.165) is 13.1 Å².